The average Bonchev–Trinajstić information content (AvgIpc) is 3.12. The van der Waals surface area contributed by atoms with E-state index in [-0.39, 0.29) is 11.8 Å². The molecule has 1 fully saturated rings. The molecule has 5 nitrogen and oxygen atoms in total. The third-order valence-corrected chi connectivity index (χ3v) is 4.96. The summed E-state index contributed by atoms with van der Waals surface area (Å²) in [6.07, 6.45) is 4.46. The largest absolute Gasteiger partial charge is 0.448 e. The van der Waals surface area contributed by atoms with Crippen molar-refractivity contribution in [1.29, 1.82) is 0 Å². The molecule has 26 heavy (non-hydrogen) atoms. The van der Waals surface area contributed by atoms with Crippen LogP contribution in [0.3, 0.4) is 0 Å². The molecule has 0 aliphatic carbocycles. The zero-order chi connectivity index (χ0) is 18.4. The zero-order valence-corrected chi connectivity index (χ0v) is 15.8. The highest BCUT2D eigenvalue weighted by atomic mass is 16.3. The molecule has 2 aromatic rings. The number of hydrogen-bond donors (Lipinski definition) is 1. The molecule has 1 amide bonds. The Labute approximate surface area is 155 Å². The summed E-state index contributed by atoms with van der Waals surface area (Å²) in [5.41, 5.74) is 2.25. The summed E-state index contributed by atoms with van der Waals surface area (Å²) in [6, 6.07) is 10.3. The predicted molar refractivity (Wildman–Crippen MR) is 102 cm³/mol. The number of nitrogens with one attached hydrogen (secondary N) is 1. The van der Waals surface area contributed by atoms with E-state index < -0.39 is 0 Å². The van der Waals surface area contributed by atoms with Gasteiger partial charge in [-0.15, -0.1) is 0 Å². The van der Waals surface area contributed by atoms with Crippen LogP contribution in [0.5, 0.6) is 0 Å². The second-order valence-corrected chi connectivity index (χ2v) is 7.41. The number of benzene rings is 1. The lowest BCUT2D eigenvalue weighted by Gasteiger charge is -2.30. The van der Waals surface area contributed by atoms with Crippen LogP contribution in [0.1, 0.15) is 49.8 Å². The highest BCUT2D eigenvalue weighted by Crippen LogP contribution is 2.20. The maximum absolute atomic E-state index is 12.4. The Bertz CT molecular complexity index is 688. The van der Waals surface area contributed by atoms with Crippen LogP contribution in [0, 0.1) is 5.92 Å². The van der Waals surface area contributed by atoms with Crippen molar-refractivity contribution in [3.63, 3.8) is 0 Å². The van der Waals surface area contributed by atoms with Gasteiger partial charge < -0.3 is 9.73 Å². The molecule has 0 unspecified atom stereocenters. The van der Waals surface area contributed by atoms with E-state index in [9.17, 15) is 4.79 Å². The second kappa shape index (κ2) is 8.99. The van der Waals surface area contributed by atoms with E-state index in [4.69, 9.17) is 4.42 Å². The molecule has 140 valence electrons. The minimum Gasteiger partial charge on any atom is -0.448 e. The van der Waals surface area contributed by atoms with Crippen molar-refractivity contribution >= 4 is 5.91 Å². The van der Waals surface area contributed by atoms with Gasteiger partial charge in [-0.2, -0.15) is 0 Å². The standard InChI is InChI=1S/C21H29N3O2/c1-16(2)21-23-19(15-26-21)14-24-12-9-18(10-13-24)20(25)22-11-8-17-6-4-3-5-7-17/h3-7,15-16,18H,8-14H2,1-2H3,(H,22,25). The molecule has 3 rings (SSSR count). The fourth-order valence-corrected chi connectivity index (χ4v) is 3.36. The van der Waals surface area contributed by atoms with Crippen LogP contribution in [0.15, 0.2) is 41.0 Å². The maximum atomic E-state index is 12.4. The molecule has 1 N–H and O–H groups in total. The quantitative estimate of drug-likeness (QED) is 0.827. The van der Waals surface area contributed by atoms with Crippen molar-refractivity contribution in [3.8, 4) is 0 Å². The molecule has 1 saturated heterocycles. The number of amides is 1. The number of likely N-dealkylation sites (tertiary alicyclic amines) is 1. The van der Waals surface area contributed by atoms with E-state index in [1.165, 1.54) is 5.56 Å². The molecule has 0 bridgehead atoms. The Morgan fingerprint density at radius 1 is 1.27 bits per heavy atom. The summed E-state index contributed by atoms with van der Waals surface area (Å²) in [6.45, 7) is 7.54. The maximum Gasteiger partial charge on any atom is 0.223 e. The Kier molecular flexibility index (Phi) is 6.45. The van der Waals surface area contributed by atoms with Gasteiger partial charge in [-0.25, -0.2) is 4.98 Å². The van der Waals surface area contributed by atoms with Crippen LogP contribution < -0.4 is 5.32 Å². The van der Waals surface area contributed by atoms with Gasteiger partial charge in [0.05, 0.1) is 5.69 Å². The van der Waals surface area contributed by atoms with Crippen LogP contribution in [0.4, 0.5) is 0 Å². The SMILES string of the molecule is CC(C)c1nc(CN2CCC(C(=O)NCCc3ccccc3)CC2)co1. The van der Waals surface area contributed by atoms with Crippen LogP contribution >= 0.6 is 0 Å². The van der Waals surface area contributed by atoms with Crippen LogP contribution in [0.25, 0.3) is 0 Å². The first-order chi connectivity index (χ1) is 12.6. The number of aromatic nitrogens is 1. The summed E-state index contributed by atoms with van der Waals surface area (Å²) in [4.78, 5) is 19.3. The first kappa shape index (κ1) is 18.6. The van der Waals surface area contributed by atoms with Crippen molar-refractivity contribution in [3.05, 3.63) is 53.7 Å². The van der Waals surface area contributed by atoms with Gasteiger partial charge in [0.15, 0.2) is 5.89 Å². The highest BCUT2D eigenvalue weighted by molar-refractivity contribution is 5.78. The van der Waals surface area contributed by atoms with E-state index in [1.54, 1.807) is 6.26 Å². The third kappa shape index (κ3) is 5.18. The van der Waals surface area contributed by atoms with Gasteiger partial charge in [0, 0.05) is 24.9 Å². The number of hydrogen-bond acceptors (Lipinski definition) is 4. The molecule has 0 radical (unpaired) electrons. The normalized spacial score (nSPS) is 16.1. The first-order valence-electron chi connectivity index (χ1n) is 9.60. The van der Waals surface area contributed by atoms with E-state index in [2.05, 4.69) is 41.2 Å². The molecule has 0 atom stereocenters. The Morgan fingerprint density at radius 2 is 2.00 bits per heavy atom. The molecule has 1 aliphatic heterocycles. The number of rotatable bonds is 7. The fraction of sp³-hybridized carbons (Fsp3) is 0.524. The number of oxazole rings is 1. The van der Waals surface area contributed by atoms with Crippen LogP contribution in [-0.4, -0.2) is 35.4 Å². The van der Waals surface area contributed by atoms with Gasteiger partial charge in [0.1, 0.15) is 6.26 Å². The minimum absolute atomic E-state index is 0.130. The Balaban J connectivity index is 1.38. The highest BCUT2D eigenvalue weighted by Gasteiger charge is 2.25. The summed E-state index contributed by atoms with van der Waals surface area (Å²) in [5, 5.41) is 3.10. The molecule has 2 heterocycles. The molecule has 5 heteroatoms. The molecule has 1 aromatic heterocycles. The van der Waals surface area contributed by atoms with Gasteiger partial charge in [-0.05, 0) is 37.9 Å². The first-order valence-corrected chi connectivity index (χ1v) is 9.60. The zero-order valence-electron chi connectivity index (χ0n) is 15.8. The topological polar surface area (TPSA) is 58.4 Å². The number of piperidine rings is 1. The van der Waals surface area contributed by atoms with Gasteiger partial charge in [-0.3, -0.25) is 9.69 Å². The minimum atomic E-state index is 0.130. The second-order valence-electron chi connectivity index (χ2n) is 7.41. The van der Waals surface area contributed by atoms with Crippen molar-refractivity contribution in [2.24, 2.45) is 5.92 Å². The van der Waals surface area contributed by atoms with Gasteiger partial charge in [-0.1, -0.05) is 44.2 Å². The number of carbonyl (C=O) groups excluding carboxylic acids is 1. The lowest BCUT2D eigenvalue weighted by Crippen LogP contribution is -2.40. The van der Waals surface area contributed by atoms with Crippen LogP contribution in [-0.2, 0) is 17.8 Å². The smallest absolute Gasteiger partial charge is 0.223 e. The molecule has 0 spiro atoms. The van der Waals surface area contributed by atoms with Crippen molar-refractivity contribution in [2.75, 3.05) is 19.6 Å². The number of carbonyl (C=O) groups is 1. The van der Waals surface area contributed by atoms with Crippen molar-refractivity contribution in [1.82, 2.24) is 15.2 Å². The van der Waals surface area contributed by atoms with E-state index in [0.717, 1.165) is 50.5 Å². The van der Waals surface area contributed by atoms with Gasteiger partial charge in [0.2, 0.25) is 5.91 Å². The average molecular weight is 355 g/mol. The number of nitrogens with zero attached hydrogens (tertiary/aromatic N) is 2. The summed E-state index contributed by atoms with van der Waals surface area (Å²) in [7, 11) is 0. The summed E-state index contributed by atoms with van der Waals surface area (Å²) < 4.78 is 5.51. The van der Waals surface area contributed by atoms with Gasteiger partial charge in [0.25, 0.3) is 0 Å². The fourth-order valence-electron chi connectivity index (χ4n) is 3.36. The van der Waals surface area contributed by atoms with Crippen LogP contribution in [0.2, 0.25) is 0 Å². The lowest BCUT2D eigenvalue weighted by atomic mass is 9.95. The van der Waals surface area contributed by atoms with Crippen molar-refractivity contribution < 1.29 is 9.21 Å². The van der Waals surface area contributed by atoms with E-state index in [1.807, 2.05) is 18.2 Å². The van der Waals surface area contributed by atoms with Gasteiger partial charge >= 0.3 is 0 Å². The monoisotopic (exact) mass is 355 g/mol. The molecule has 0 saturated carbocycles. The Hall–Kier alpha value is -2.14. The van der Waals surface area contributed by atoms with Crippen molar-refractivity contribution in [2.45, 2.75) is 45.6 Å². The lowest BCUT2D eigenvalue weighted by molar-refractivity contribution is -0.126. The Morgan fingerprint density at radius 3 is 2.65 bits per heavy atom. The molecule has 1 aliphatic rings. The molecular formula is C21H29N3O2. The summed E-state index contributed by atoms with van der Waals surface area (Å²) >= 11 is 0. The summed E-state index contributed by atoms with van der Waals surface area (Å²) in [5.74, 6) is 1.44. The van der Waals surface area contributed by atoms with E-state index in [0.29, 0.717) is 12.5 Å². The third-order valence-electron chi connectivity index (χ3n) is 4.96. The predicted octanol–water partition coefficient (Wildman–Crippen LogP) is 3.37. The van der Waals surface area contributed by atoms with E-state index >= 15 is 0 Å². The molecule has 1 aromatic carbocycles. The molecular weight excluding hydrogens is 326 g/mol.